The van der Waals surface area contributed by atoms with Crippen LogP contribution in [0.3, 0.4) is 0 Å². The standard InChI is InChI=1S/C18H16ClF3N2O3S/c1-9-4-10(2)17(11(3)5-9)23-16(25)8-28-15-7-13(19)12(18(20,21)22)6-14(15)24(26)27/h4-7H,8H2,1-3H3,(H,23,25). The third-order valence-electron chi connectivity index (χ3n) is 3.85. The van der Waals surface area contributed by atoms with Crippen LogP contribution in [0, 0.1) is 30.9 Å². The van der Waals surface area contributed by atoms with Gasteiger partial charge >= 0.3 is 6.18 Å². The van der Waals surface area contributed by atoms with Crippen molar-refractivity contribution in [2.24, 2.45) is 0 Å². The molecule has 10 heteroatoms. The van der Waals surface area contributed by atoms with Gasteiger partial charge in [-0.25, -0.2) is 0 Å². The Morgan fingerprint density at radius 3 is 2.25 bits per heavy atom. The summed E-state index contributed by atoms with van der Waals surface area (Å²) in [6, 6.07) is 5.05. The Labute approximate surface area is 168 Å². The van der Waals surface area contributed by atoms with E-state index in [1.165, 1.54) is 0 Å². The molecule has 0 aromatic heterocycles. The smallest absolute Gasteiger partial charge is 0.325 e. The lowest BCUT2D eigenvalue weighted by molar-refractivity contribution is -0.388. The quantitative estimate of drug-likeness (QED) is 0.361. The summed E-state index contributed by atoms with van der Waals surface area (Å²) in [4.78, 5) is 22.4. The number of amides is 1. The Bertz CT molecular complexity index is 925. The van der Waals surface area contributed by atoms with E-state index >= 15 is 0 Å². The average molecular weight is 433 g/mol. The van der Waals surface area contributed by atoms with E-state index in [1.54, 1.807) is 0 Å². The number of carbonyl (C=O) groups is 1. The summed E-state index contributed by atoms with van der Waals surface area (Å²) < 4.78 is 38.7. The van der Waals surface area contributed by atoms with Crippen LogP contribution in [0.4, 0.5) is 24.5 Å². The van der Waals surface area contributed by atoms with Crippen molar-refractivity contribution in [2.75, 3.05) is 11.1 Å². The molecule has 0 aliphatic heterocycles. The molecular formula is C18H16ClF3N2O3S. The predicted octanol–water partition coefficient (Wildman–Crippen LogP) is 5.92. The molecule has 0 unspecified atom stereocenters. The zero-order valence-electron chi connectivity index (χ0n) is 15.1. The van der Waals surface area contributed by atoms with Crippen LogP contribution in [0.25, 0.3) is 0 Å². The van der Waals surface area contributed by atoms with E-state index < -0.39 is 33.3 Å². The fraction of sp³-hybridized carbons (Fsp3) is 0.278. The van der Waals surface area contributed by atoms with Gasteiger partial charge in [-0.2, -0.15) is 13.2 Å². The van der Waals surface area contributed by atoms with Crippen LogP contribution < -0.4 is 5.32 Å². The molecule has 1 amide bonds. The minimum absolute atomic E-state index is 0.115. The maximum absolute atomic E-state index is 12.9. The molecule has 0 aliphatic rings. The number of hydrogen-bond donors (Lipinski definition) is 1. The molecule has 0 saturated heterocycles. The van der Waals surface area contributed by atoms with Crippen LogP contribution in [0.15, 0.2) is 29.2 Å². The van der Waals surface area contributed by atoms with Gasteiger partial charge in [-0.1, -0.05) is 29.3 Å². The highest BCUT2D eigenvalue weighted by atomic mass is 35.5. The topological polar surface area (TPSA) is 72.2 Å². The van der Waals surface area contributed by atoms with E-state index in [9.17, 15) is 28.1 Å². The number of carbonyl (C=O) groups excluding carboxylic acids is 1. The number of nitrogens with one attached hydrogen (secondary N) is 1. The first-order valence-corrected chi connectivity index (χ1v) is 9.32. The van der Waals surface area contributed by atoms with Gasteiger partial charge in [0.25, 0.3) is 5.69 Å². The second-order valence-corrected chi connectivity index (χ2v) is 7.59. The van der Waals surface area contributed by atoms with Crippen molar-refractivity contribution in [3.05, 3.63) is 61.7 Å². The molecular weight excluding hydrogens is 417 g/mol. The van der Waals surface area contributed by atoms with Gasteiger partial charge in [-0.05, 0) is 38.0 Å². The summed E-state index contributed by atoms with van der Waals surface area (Å²) in [5.74, 6) is -0.666. The number of nitro benzene ring substituents is 1. The number of halogens is 4. The number of benzene rings is 2. The number of nitrogens with zero attached hydrogens (tertiary/aromatic N) is 1. The minimum atomic E-state index is -4.82. The first-order chi connectivity index (χ1) is 12.9. The number of aryl methyl sites for hydroxylation is 3. The van der Waals surface area contributed by atoms with E-state index in [0.717, 1.165) is 34.5 Å². The maximum Gasteiger partial charge on any atom is 0.418 e. The molecule has 1 N–H and O–H groups in total. The number of hydrogen-bond acceptors (Lipinski definition) is 4. The predicted molar refractivity (Wildman–Crippen MR) is 103 cm³/mol. The van der Waals surface area contributed by atoms with Crippen LogP contribution in [-0.4, -0.2) is 16.6 Å². The molecule has 2 aromatic carbocycles. The molecule has 0 radical (unpaired) electrons. The summed E-state index contributed by atoms with van der Waals surface area (Å²) in [6.07, 6.45) is -4.82. The van der Waals surface area contributed by atoms with Gasteiger partial charge in [0, 0.05) is 11.8 Å². The third kappa shape index (κ3) is 5.17. The zero-order chi connectivity index (χ0) is 21.2. The fourth-order valence-corrected chi connectivity index (χ4v) is 3.89. The lowest BCUT2D eigenvalue weighted by Crippen LogP contribution is -2.16. The molecule has 5 nitrogen and oxygen atoms in total. The number of alkyl halides is 3. The Morgan fingerprint density at radius 2 is 1.75 bits per heavy atom. The third-order valence-corrected chi connectivity index (χ3v) is 5.21. The van der Waals surface area contributed by atoms with E-state index in [-0.39, 0.29) is 10.6 Å². The number of anilines is 1. The van der Waals surface area contributed by atoms with Gasteiger partial charge in [0.05, 0.1) is 26.2 Å². The largest absolute Gasteiger partial charge is 0.418 e. The molecule has 0 aliphatic carbocycles. The first-order valence-electron chi connectivity index (χ1n) is 7.95. The monoisotopic (exact) mass is 432 g/mol. The summed E-state index contributed by atoms with van der Waals surface area (Å²) in [6.45, 7) is 5.60. The highest BCUT2D eigenvalue weighted by Crippen LogP contribution is 2.41. The molecule has 0 heterocycles. The number of nitro groups is 1. The molecule has 0 atom stereocenters. The normalized spacial score (nSPS) is 11.4. The van der Waals surface area contributed by atoms with Gasteiger partial charge in [0.2, 0.25) is 5.91 Å². The van der Waals surface area contributed by atoms with Crippen molar-refractivity contribution in [1.82, 2.24) is 0 Å². The van der Waals surface area contributed by atoms with Crippen molar-refractivity contribution in [3.8, 4) is 0 Å². The highest BCUT2D eigenvalue weighted by Gasteiger charge is 2.36. The number of thioether (sulfide) groups is 1. The van der Waals surface area contributed by atoms with Gasteiger partial charge in [0.15, 0.2) is 0 Å². The summed E-state index contributed by atoms with van der Waals surface area (Å²) in [5, 5.41) is 13.2. The highest BCUT2D eigenvalue weighted by molar-refractivity contribution is 8.00. The van der Waals surface area contributed by atoms with Crippen LogP contribution in [-0.2, 0) is 11.0 Å². The van der Waals surface area contributed by atoms with Crippen molar-refractivity contribution < 1.29 is 22.9 Å². The van der Waals surface area contributed by atoms with E-state index in [2.05, 4.69) is 5.32 Å². The van der Waals surface area contributed by atoms with E-state index in [1.807, 2.05) is 32.9 Å². The molecule has 0 bridgehead atoms. The van der Waals surface area contributed by atoms with E-state index in [4.69, 9.17) is 11.6 Å². The fourth-order valence-electron chi connectivity index (χ4n) is 2.72. The maximum atomic E-state index is 12.9. The summed E-state index contributed by atoms with van der Waals surface area (Å²) in [7, 11) is 0. The van der Waals surface area contributed by atoms with Crippen molar-refractivity contribution in [1.29, 1.82) is 0 Å². The van der Waals surface area contributed by atoms with Crippen molar-refractivity contribution in [3.63, 3.8) is 0 Å². The van der Waals surface area contributed by atoms with Crippen LogP contribution in [0.2, 0.25) is 5.02 Å². The molecule has 150 valence electrons. The minimum Gasteiger partial charge on any atom is -0.325 e. The summed E-state index contributed by atoms with van der Waals surface area (Å²) >= 11 is 6.38. The lowest BCUT2D eigenvalue weighted by atomic mass is 10.1. The molecule has 0 spiro atoms. The van der Waals surface area contributed by atoms with Crippen molar-refractivity contribution in [2.45, 2.75) is 31.8 Å². The molecule has 0 fully saturated rings. The number of rotatable bonds is 5. The average Bonchev–Trinajstić information content (AvgIpc) is 2.54. The second-order valence-electron chi connectivity index (χ2n) is 6.17. The second kappa shape index (κ2) is 8.40. The van der Waals surface area contributed by atoms with E-state index in [0.29, 0.717) is 11.8 Å². The Morgan fingerprint density at radius 1 is 1.18 bits per heavy atom. The van der Waals surface area contributed by atoms with Gasteiger partial charge in [-0.15, -0.1) is 11.8 Å². The molecule has 2 aromatic rings. The van der Waals surface area contributed by atoms with Crippen LogP contribution in [0.5, 0.6) is 0 Å². The summed E-state index contributed by atoms with van der Waals surface area (Å²) in [5.41, 5.74) is 1.35. The van der Waals surface area contributed by atoms with Gasteiger partial charge in [-0.3, -0.25) is 14.9 Å². The van der Waals surface area contributed by atoms with Gasteiger partial charge in [0.1, 0.15) is 0 Å². The van der Waals surface area contributed by atoms with Crippen LogP contribution >= 0.6 is 23.4 Å². The zero-order valence-corrected chi connectivity index (χ0v) is 16.7. The first kappa shape index (κ1) is 22.0. The SMILES string of the molecule is Cc1cc(C)c(NC(=O)CSc2cc(Cl)c(C(F)(F)F)cc2[N+](=O)[O-])c(C)c1. The van der Waals surface area contributed by atoms with Crippen LogP contribution in [0.1, 0.15) is 22.3 Å². The molecule has 0 saturated carbocycles. The lowest BCUT2D eigenvalue weighted by Gasteiger charge is -2.13. The Balaban J connectivity index is 2.21. The van der Waals surface area contributed by atoms with Gasteiger partial charge < -0.3 is 5.32 Å². The Hall–Kier alpha value is -2.26. The van der Waals surface area contributed by atoms with Crippen molar-refractivity contribution >= 4 is 40.6 Å². The molecule has 28 heavy (non-hydrogen) atoms. The molecule has 2 rings (SSSR count). The Kier molecular flexibility index (Phi) is 6.61.